The number of hydrogen-bond acceptors (Lipinski definition) is 4. The summed E-state index contributed by atoms with van der Waals surface area (Å²) in [5, 5.41) is 4.13. The molecular weight excluding hydrogens is 278 g/mol. The number of carbonyl (C=O) groups is 1. The van der Waals surface area contributed by atoms with Crippen LogP contribution < -0.4 is 0 Å². The second kappa shape index (κ2) is 5.69. The van der Waals surface area contributed by atoms with Crippen molar-refractivity contribution in [2.24, 2.45) is 11.3 Å². The molecule has 1 saturated heterocycles. The van der Waals surface area contributed by atoms with Gasteiger partial charge in [-0.1, -0.05) is 25.9 Å². The van der Waals surface area contributed by atoms with Gasteiger partial charge in [-0.05, 0) is 31.2 Å². The van der Waals surface area contributed by atoms with Crippen molar-refractivity contribution in [2.75, 3.05) is 33.2 Å². The average molecular weight is 305 g/mol. The molecule has 5 heteroatoms. The van der Waals surface area contributed by atoms with Gasteiger partial charge >= 0.3 is 0 Å². The van der Waals surface area contributed by atoms with Gasteiger partial charge in [0.05, 0.1) is 0 Å². The predicted octanol–water partition coefficient (Wildman–Crippen LogP) is 2.21. The lowest BCUT2D eigenvalue weighted by Crippen LogP contribution is -2.47. The molecule has 1 aromatic rings. The van der Waals surface area contributed by atoms with Crippen LogP contribution in [-0.2, 0) is 12.8 Å². The van der Waals surface area contributed by atoms with Crippen molar-refractivity contribution < 1.29 is 9.32 Å². The van der Waals surface area contributed by atoms with Crippen LogP contribution in [0.1, 0.15) is 49.0 Å². The highest BCUT2D eigenvalue weighted by Gasteiger charge is 2.35. The van der Waals surface area contributed by atoms with E-state index in [4.69, 9.17) is 4.52 Å². The topological polar surface area (TPSA) is 49.6 Å². The molecule has 1 atom stereocenters. The first-order valence-electron chi connectivity index (χ1n) is 8.31. The SMILES string of the molecule is CN1CCN(C(=O)c2noc3c2C[C@@H](C(C)(C)C)CC3)CC1. The van der Waals surface area contributed by atoms with Crippen LogP contribution in [0.2, 0.25) is 0 Å². The Hall–Kier alpha value is -1.36. The van der Waals surface area contributed by atoms with E-state index >= 15 is 0 Å². The molecule has 2 heterocycles. The number of piperazine rings is 1. The highest BCUT2D eigenvalue weighted by molar-refractivity contribution is 5.94. The summed E-state index contributed by atoms with van der Waals surface area (Å²) >= 11 is 0. The number of rotatable bonds is 1. The fraction of sp³-hybridized carbons (Fsp3) is 0.765. The first-order valence-corrected chi connectivity index (χ1v) is 8.31. The van der Waals surface area contributed by atoms with E-state index < -0.39 is 0 Å². The average Bonchev–Trinajstić information content (AvgIpc) is 2.89. The minimum Gasteiger partial charge on any atom is -0.360 e. The summed E-state index contributed by atoms with van der Waals surface area (Å²) in [5.74, 6) is 1.56. The third kappa shape index (κ3) is 2.91. The van der Waals surface area contributed by atoms with Crippen LogP contribution in [0.25, 0.3) is 0 Å². The van der Waals surface area contributed by atoms with E-state index in [1.165, 1.54) is 0 Å². The quantitative estimate of drug-likeness (QED) is 0.798. The molecule has 1 aromatic heterocycles. The predicted molar refractivity (Wildman–Crippen MR) is 84.9 cm³/mol. The summed E-state index contributed by atoms with van der Waals surface area (Å²) in [6.45, 7) is 10.2. The Morgan fingerprint density at radius 3 is 2.55 bits per heavy atom. The van der Waals surface area contributed by atoms with Crippen molar-refractivity contribution in [2.45, 2.75) is 40.0 Å². The normalized spacial score (nSPS) is 23.5. The molecule has 0 N–H and O–H groups in total. The van der Waals surface area contributed by atoms with Gasteiger partial charge < -0.3 is 14.3 Å². The molecule has 0 radical (unpaired) electrons. The zero-order chi connectivity index (χ0) is 15.9. The molecule has 3 rings (SSSR count). The van der Waals surface area contributed by atoms with Crippen LogP contribution >= 0.6 is 0 Å². The number of likely N-dealkylation sites (N-methyl/N-ethyl adjacent to an activating group) is 1. The molecule has 122 valence electrons. The Morgan fingerprint density at radius 2 is 1.91 bits per heavy atom. The van der Waals surface area contributed by atoms with Crippen molar-refractivity contribution in [1.29, 1.82) is 0 Å². The number of aryl methyl sites for hydroxylation is 1. The third-order valence-corrected chi connectivity index (χ3v) is 5.26. The van der Waals surface area contributed by atoms with Crippen molar-refractivity contribution in [3.63, 3.8) is 0 Å². The van der Waals surface area contributed by atoms with Crippen molar-refractivity contribution >= 4 is 5.91 Å². The van der Waals surface area contributed by atoms with Gasteiger partial charge in [-0.2, -0.15) is 0 Å². The molecular formula is C17H27N3O2. The lowest BCUT2D eigenvalue weighted by atomic mass is 9.71. The van der Waals surface area contributed by atoms with Gasteiger partial charge in [-0.15, -0.1) is 0 Å². The summed E-state index contributed by atoms with van der Waals surface area (Å²) < 4.78 is 5.47. The van der Waals surface area contributed by atoms with E-state index in [0.717, 1.165) is 56.8 Å². The summed E-state index contributed by atoms with van der Waals surface area (Å²) in [6.07, 6.45) is 2.94. The molecule has 1 amide bonds. The van der Waals surface area contributed by atoms with E-state index in [1.807, 2.05) is 4.90 Å². The van der Waals surface area contributed by atoms with Crippen molar-refractivity contribution in [3.05, 3.63) is 17.0 Å². The molecule has 2 aliphatic rings. The van der Waals surface area contributed by atoms with Gasteiger partial charge in [0.15, 0.2) is 5.69 Å². The van der Waals surface area contributed by atoms with Crippen LogP contribution in [0.3, 0.4) is 0 Å². The van der Waals surface area contributed by atoms with Gasteiger partial charge in [-0.25, -0.2) is 0 Å². The Labute approximate surface area is 132 Å². The Bertz CT molecular complexity index is 551. The lowest BCUT2D eigenvalue weighted by molar-refractivity contribution is 0.0652. The molecule has 0 unspecified atom stereocenters. The standard InChI is InChI=1S/C17H27N3O2/c1-17(2,3)12-5-6-14-13(11-12)15(18-22-14)16(21)20-9-7-19(4)8-10-20/h12H,5-11H2,1-4H3/t12-/m0/s1. The number of nitrogens with zero attached hydrogens (tertiary/aromatic N) is 3. The van der Waals surface area contributed by atoms with E-state index in [2.05, 4.69) is 37.9 Å². The summed E-state index contributed by atoms with van der Waals surface area (Å²) in [6, 6.07) is 0. The summed E-state index contributed by atoms with van der Waals surface area (Å²) in [4.78, 5) is 16.9. The molecule has 5 nitrogen and oxygen atoms in total. The minimum atomic E-state index is 0.0488. The van der Waals surface area contributed by atoms with E-state index in [0.29, 0.717) is 11.6 Å². The van der Waals surface area contributed by atoms with Gasteiger partial charge in [0, 0.05) is 38.2 Å². The van der Waals surface area contributed by atoms with Crippen molar-refractivity contribution in [3.8, 4) is 0 Å². The zero-order valence-electron chi connectivity index (χ0n) is 14.2. The second-order valence-corrected chi connectivity index (χ2v) is 7.83. The minimum absolute atomic E-state index is 0.0488. The summed E-state index contributed by atoms with van der Waals surface area (Å²) in [5.41, 5.74) is 1.88. The van der Waals surface area contributed by atoms with Crippen LogP contribution in [0.5, 0.6) is 0 Å². The fourth-order valence-corrected chi connectivity index (χ4v) is 3.47. The van der Waals surface area contributed by atoms with Gasteiger partial charge in [0.2, 0.25) is 0 Å². The molecule has 0 bridgehead atoms. The maximum absolute atomic E-state index is 12.8. The third-order valence-electron chi connectivity index (χ3n) is 5.26. The molecule has 0 aromatic carbocycles. The van der Waals surface area contributed by atoms with Gasteiger partial charge in [0.1, 0.15) is 5.76 Å². The molecule has 0 spiro atoms. The largest absolute Gasteiger partial charge is 0.360 e. The van der Waals surface area contributed by atoms with E-state index in [1.54, 1.807) is 0 Å². The number of amides is 1. The maximum Gasteiger partial charge on any atom is 0.276 e. The van der Waals surface area contributed by atoms with Crippen LogP contribution in [0, 0.1) is 11.3 Å². The van der Waals surface area contributed by atoms with Gasteiger partial charge in [-0.3, -0.25) is 4.79 Å². The van der Waals surface area contributed by atoms with Gasteiger partial charge in [0.25, 0.3) is 5.91 Å². The Morgan fingerprint density at radius 1 is 1.23 bits per heavy atom. The number of hydrogen-bond donors (Lipinski definition) is 0. The lowest BCUT2D eigenvalue weighted by Gasteiger charge is -2.34. The smallest absolute Gasteiger partial charge is 0.276 e. The highest BCUT2D eigenvalue weighted by atomic mass is 16.5. The van der Waals surface area contributed by atoms with Crippen LogP contribution in [0.4, 0.5) is 0 Å². The van der Waals surface area contributed by atoms with E-state index in [-0.39, 0.29) is 11.3 Å². The number of fused-ring (bicyclic) bond motifs is 1. The zero-order valence-corrected chi connectivity index (χ0v) is 14.2. The first-order chi connectivity index (χ1) is 10.4. The Balaban J connectivity index is 1.79. The first kappa shape index (κ1) is 15.5. The monoisotopic (exact) mass is 305 g/mol. The highest BCUT2D eigenvalue weighted by Crippen LogP contribution is 2.38. The molecule has 0 saturated carbocycles. The number of carbonyl (C=O) groups excluding carboxylic acids is 1. The molecule has 1 fully saturated rings. The Kier molecular flexibility index (Phi) is 4.02. The molecule has 1 aliphatic carbocycles. The fourth-order valence-electron chi connectivity index (χ4n) is 3.47. The van der Waals surface area contributed by atoms with Crippen LogP contribution in [-0.4, -0.2) is 54.1 Å². The number of aromatic nitrogens is 1. The molecule has 1 aliphatic heterocycles. The van der Waals surface area contributed by atoms with Crippen molar-refractivity contribution in [1.82, 2.24) is 15.0 Å². The molecule has 22 heavy (non-hydrogen) atoms. The second-order valence-electron chi connectivity index (χ2n) is 7.83. The van der Waals surface area contributed by atoms with Crippen LogP contribution in [0.15, 0.2) is 4.52 Å². The summed E-state index contributed by atoms with van der Waals surface area (Å²) in [7, 11) is 2.09. The van der Waals surface area contributed by atoms with E-state index in [9.17, 15) is 4.79 Å². The maximum atomic E-state index is 12.8.